The smallest absolute Gasteiger partial charge is 0.310 e. The molecule has 1 unspecified atom stereocenters. The summed E-state index contributed by atoms with van der Waals surface area (Å²) < 4.78 is 6.24. The van der Waals surface area contributed by atoms with Crippen molar-refractivity contribution >= 4 is 39.5 Å². The van der Waals surface area contributed by atoms with Gasteiger partial charge in [-0.1, -0.05) is 24.3 Å². The Hall–Kier alpha value is -5.67. The summed E-state index contributed by atoms with van der Waals surface area (Å²) in [4.78, 5) is 28.0. The van der Waals surface area contributed by atoms with Crippen LogP contribution in [0.4, 0.5) is 11.5 Å². The van der Waals surface area contributed by atoms with Crippen molar-refractivity contribution in [3.8, 4) is 28.7 Å². The lowest BCUT2D eigenvalue weighted by Crippen LogP contribution is -2.35. The number of carboxylic acids is 1. The first-order valence-electron chi connectivity index (χ1n) is 17.4. The molecule has 1 aliphatic rings. The molecule has 0 saturated carbocycles. The average Bonchev–Trinajstić information content (AvgIpc) is 3.74. The first kappa shape index (κ1) is 34.8. The highest BCUT2D eigenvalue weighted by molar-refractivity contribution is 5.91. The number of nitrogens with zero attached hydrogens (tertiary/aromatic N) is 5. The predicted molar refractivity (Wildman–Crippen MR) is 201 cm³/mol. The van der Waals surface area contributed by atoms with Crippen LogP contribution in [0, 0.1) is 30.6 Å². The van der Waals surface area contributed by atoms with Gasteiger partial charge in [-0.3, -0.25) is 14.7 Å². The number of rotatable bonds is 11. The van der Waals surface area contributed by atoms with Crippen molar-refractivity contribution in [1.29, 1.82) is 5.26 Å². The molecule has 6 aromatic rings. The van der Waals surface area contributed by atoms with E-state index in [9.17, 15) is 20.3 Å². The van der Waals surface area contributed by atoms with Crippen molar-refractivity contribution in [2.45, 2.75) is 53.3 Å². The van der Waals surface area contributed by atoms with Gasteiger partial charge in [0.15, 0.2) is 11.4 Å². The van der Waals surface area contributed by atoms with E-state index in [1.54, 1.807) is 26.1 Å². The number of hydrogen-bond acceptors (Lipinski definition) is 10. The van der Waals surface area contributed by atoms with Crippen molar-refractivity contribution in [3.05, 3.63) is 101 Å². The molecule has 0 amide bonds. The van der Waals surface area contributed by atoms with Gasteiger partial charge < -0.3 is 25.3 Å². The monoisotopic (exact) mass is 695 g/mol. The van der Waals surface area contributed by atoms with Gasteiger partial charge in [0.05, 0.1) is 17.1 Å². The number of β-amino-alcohol motifs (C(OH)–C–C–N with tert-alkyl or cyclic N) is 1. The third kappa shape index (κ3) is 6.96. The van der Waals surface area contributed by atoms with Crippen LogP contribution in [0.15, 0.2) is 77.5 Å². The van der Waals surface area contributed by atoms with Crippen molar-refractivity contribution in [1.82, 2.24) is 25.2 Å². The van der Waals surface area contributed by atoms with E-state index in [2.05, 4.69) is 51.7 Å². The number of carbonyl (C=O) groups is 1. The first-order valence-corrected chi connectivity index (χ1v) is 17.4. The second-order valence-corrected chi connectivity index (χ2v) is 14.2. The Morgan fingerprint density at radius 2 is 1.81 bits per heavy atom. The first-order chi connectivity index (χ1) is 25.0. The van der Waals surface area contributed by atoms with E-state index >= 15 is 0 Å². The highest BCUT2D eigenvalue weighted by Crippen LogP contribution is 2.37. The van der Waals surface area contributed by atoms with E-state index in [1.807, 2.05) is 49.5 Å². The van der Waals surface area contributed by atoms with Gasteiger partial charge in [0.1, 0.15) is 17.1 Å². The minimum Gasteiger partial charge on any atom is -0.481 e. The van der Waals surface area contributed by atoms with Gasteiger partial charge in [-0.2, -0.15) is 5.26 Å². The molecule has 0 spiro atoms. The SMILES string of the molecule is Cc1c(Nc2nccc3cc(CN4CCC(O)C4)cnc23)cccc1-c1cccc(-c2nc3cc(CNCC(C)(C)C(=O)O)cc(C#N)c3o2)c1C. The number of likely N-dealkylation sites (tertiary alicyclic amines) is 1. The second-order valence-electron chi connectivity index (χ2n) is 14.2. The molecule has 7 rings (SSSR count). The number of aliphatic hydroxyl groups excluding tert-OH is 1. The van der Waals surface area contributed by atoms with Gasteiger partial charge in [0, 0.05) is 61.8 Å². The molecule has 264 valence electrons. The lowest BCUT2D eigenvalue weighted by Gasteiger charge is -2.19. The summed E-state index contributed by atoms with van der Waals surface area (Å²) in [6.07, 6.45) is 4.23. The van der Waals surface area contributed by atoms with Crippen LogP contribution < -0.4 is 10.6 Å². The van der Waals surface area contributed by atoms with Crippen molar-refractivity contribution in [3.63, 3.8) is 0 Å². The summed E-state index contributed by atoms with van der Waals surface area (Å²) in [5.74, 6) is 0.210. The predicted octanol–water partition coefficient (Wildman–Crippen LogP) is 7.10. The molecule has 4 N–H and O–H groups in total. The van der Waals surface area contributed by atoms with Crippen LogP contribution in [0.25, 0.3) is 44.6 Å². The molecule has 3 aromatic carbocycles. The highest BCUT2D eigenvalue weighted by Gasteiger charge is 2.26. The van der Waals surface area contributed by atoms with E-state index in [0.29, 0.717) is 41.5 Å². The van der Waals surface area contributed by atoms with E-state index in [1.165, 1.54) is 0 Å². The molecule has 1 atom stereocenters. The molecule has 3 aromatic heterocycles. The maximum absolute atomic E-state index is 11.5. The molecule has 1 fully saturated rings. The number of fused-ring (bicyclic) bond motifs is 2. The second kappa shape index (κ2) is 14.2. The van der Waals surface area contributed by atoms with Crippen LogP contribution in [0.2, 0.25) is 0 Å². The van der Waals surface area contributed by atoms with E-state index < -0.39 is 11.4 Å². The number of oxazole rings is 1. The van der Waals surface area contributed by atoms with Crippen molar-refractivity contribution in [2.24, 2.45) is 5.41 Å². The molecule has 0 radical (unpaired) electrons. The Morgan fingerprint density at radius 3 is 2.56 bits per heavy atom. The molecule has 11 heteroatoms. The Morgan fingerprint density at radius 1 is 1.04 bits per heavy atom. The molecule has 4 heterocycles. The topological polar surface area (TPSA) is 160 Å². The highest BCUT2D eigenvalue weighted by atomic mass is 16.4. The fourth-order valence-electron chi connectivity index (χ4n) is 6.83. The molecule has 1 saturated heterocycles. The number of nitrogens with one attached hydrogen (secondary N) is 2. The third-order valence-corrected chi connectivity index (χ3v) is 9.90. The Kier molecular flexibility index (Phi) is 9.46. The fourth-order valence-corrected chi connectivity index (χ4v) is 6.83. The molecular weight excluding hydrogens is 654 g/mol. The zero-order valence-corrected chi connectivity index (χ0v) is 29.7. The number of anilines is 2. The maximum Gasteiger partial charge on any atom is 0.310 e. The van der Waals surface area contributed by atoms with Gasteiger partial charge in [0.2, 0.25) is 5.89 Å². The summed E-state index contributed by atoms with van der Waals surface area (Å²) in [7, 11) is 0. The van der Waals surface area contributed by atoms with E-state index in [-0.39, 0.29) is 12.6 Å². The summed E-state index contributed by atoms with van der Waals surface area (Å²) in [6.45, 7) is 10.4. The minimum atomic E-state index is -0.923. The lowest BCUT2D eigenvalue weighted by atomic mass is 9.93. The number of aromatic nitrogens is 3. The van der Waals surface area contributed by atoms with E-state index in [0.717, 1.165) is 75.0 Å². The zero-order chi connectivity index (χ0) is 36.6. The normalized spacial score (nSPS) is 15.0. The Labute approximate surface area is 302 Å². The van der Waals surface area contributed by atoms with Crippen LogP contribution in [0.1, 0.15) is 48.1 Å². The average molecular weight is 696 g/mol. The van der Waals surface area contributed by atoms with Crippen LogP contribution in [0.3, 0.4) is 0 Å². The summed E-state index contributed by atoms with van der Waals surface area (Å²) in [6, 6.07) is 22.1. The molecule has 52 heavy (non-hydrogen) atoms. The number of benzene rings is 3. The van der Waals surface area contributed by atoms with Crippen LogP contribution in [-0.2, 0) is 17.9 Å². The number of pyridine rings is 2. The van der Waals surface area contributed by atoms with Gasteiger partial charge >= 0.3 is 5.97 Å². The summed E-state index contributed by atoms with van der Waals surface area (Å²) in [5.41, 5.74) is 8.93. The van der Waals surface area contributed by atoms with Crippen LogP contribution in [0.5, 0.6) is 0 Å². The number of aliphatic hydroxyl groups is 1. The molecule has 11 nitrogen and oxygen atoms in total. The number of nitriles is 1. The summed E-state index contributed by atoms with van der Waals surface area (Å²) >= 11 is 0. The maximum atomic E-state index is 11.5. The van der Waals surface area contributed by atoms with Gasteiger partial charge in [-0.25, -0.2) is 9.97 Å². The van der Waals surface area contributed by atoms with Crippen LogP contribution >= 0.6 is 0 Å². The van der Waals surface area contributed by atoms with Gasteiger partial charge in [-0.15, -0.1) is 0 Å². The van der Waals surface area contributed by atoms with Crippen molar-refractivity contribution in [2.75, 3.05) is 25.0 Å². The van der Waals surface area contributed by atoms with Crippen LogP contribution in [-0.4, -0.2) is 61.8 Å². The molecule has 0 bridgehead atoms. The zero-order valence-electron chi connectivity index (χ0n) is 29.7. The van der Waals surface area contributed by atoms with E-state index in [4.69, 9.17) is 14.4 Å². The Balaban J connectivity index is 1.15. The molecular formula is C41H41N7O4. The minimum absolute atomic E-state index is 0.256. The molecule has 0 aliphatic carbocycles. The van der Waals surface area contributed by atoms with Gasteiger partial charge in [0.25, 0.3) is 0 Å². The standard InChI is InChI=1S/C41H41N7O4/c1-24-31(7-5-9-33(24)39-47-35-17-26(15-29(18-42)37(35)52-39)19-43-23-41(3,4)40(50)51)32-8-6-10-34(25(32)2)46-38-36-28(11-13-44-38)16-27(20-45-36)21-48-14-12-30(49)22-48/h5-11,13,15-17,20,30,43,49H,12,14,19,21-23H2,1-4H3,(H,44,46)(H,50,51). The quantitative estimate of drug-likeness (QED) is 0.109. The molecule has 1 aliphatic heterocycles. The number of carboxylic acid groups (broad SMARTS) is 1. The number of hydrogen-bond donors (Lipinski definition) is 4. The fraction of sp³-hybridized carbons (Fsp3) is 0.293. The summed E-state index contributed by atoms with van der Waals surface area (Å²) in [5, 5.41) is 37.0. The largest absolute Gasteiger partial charge is 0.481 e. The Bertz CT molecular complexity index is 2360. The number of aliphatic carboxylic acids is 1. The lowest BCUT2D eigenvalue weighted by molar-refractivity contribution is -0.146. The third-order valence-electron chi connectivity index (χ3n) is 9.90. The van der Waals surface area contributed by atoms with Gasteiger partial charge in [-0.05, 0) is 104 Å². The van der Waals surface area contributed by atoms with Crippen molar-refractivity contribution < 1.29 is 19.4 Å².